The first-order chi connectivity index (χ1) is 12.2. The smallest absolute Gasteiger partial charge is 0.303 e. The van der Waals surface area contributed by atoms with Crippen LogP contribution in [0.4, 0.5) is 0 Å². The Kier molecular flexibility index (Phi) is 18.4. The molecule has 0 radical (unpaired) electrons. The van der Waals surface area contributed by atoms with E-state index in [0.29, 0.717) is 6.42 Å². The van der Waals surface area contributed by atoms with Crippen LogP contribution in [-0.2, 0) is 4.79 Å². The van der Waals surface area contributed by atoms with Gasteiger partial charge in [0.2, 0.25) is 0 Å². The summed E-state index contributed by atoms with van der Waals surface area (Å²) in [5.41, 5.74) is 0. The van der Waals surface area contributed by atoms with E-state index in [1.54, 1.807) is 0 Å². The zero-order valence-electron chi connectivity index (χ0n) is 16.3. The van der Waals surface area contributed by atoms with Crippen LogP contribution in [0.25, 0.3) is 0 Å². The molecule has 0 spiro atoms. The highest BCUT2D eigenvalue weighted by molar-refractivity contribution is 5.66. The Morgan fingerprint density at radius 1 is 0.840 bits per heavy atom. The van der Waals surface area contributed by atoms with E-state index in [9.17, 15) is 9.90 Å². The highest BCUT2D eigenvalue weighted by Crippen LogP contribution is 2.12. The van der Waals surface area contributed by atoms with Crippen molar-refractivity contribution in [3.63, 3.8) is 0 Å². The minimum absolute atomic E-state index is 0.208. The SMILES string of the molecule is CCCCCC=CCC=CCC(O)CCCCCCCCCC(=O)O. The van der Waals surface area contributed by atoms with Crippen molar-refractivity contribution in [2.24, 2.45) is 0 Å². The van der Waals surface area contributed by atoms with Crippen LogP contribution in [0.1, 0.15) is 103 Å². The molecule has 2 N–H and O–H groups in total. The fourth-order valence-electron chi connectivity index (χ4n) is 2.81. The third kappa shape index (κ3) is 20.9. The van der Waals surface area contributed by atoms with Crippen LogP contribution in [0.2, 0.25) is 0 Å². The summed E-state index contributed by atoms with van der Waals surface area (Å²) in [4.78, 5) is 10.4. The summed E-state index contributed by atoms with van der Waals surface area (Å²) in [5.74, 6) is -0.689. The predicted molar refractivity (Wildman–Crippen MR) is 107 cm³/mol. The van der Waals surface area contributed by atoms with Gasteiger partial charge in [0.25, 0.3) is 0 Å². The fraction of sp³-hybridized carbons (Fsp3) is 0.773. The maximum absolute atomic E-state index is 10.4. The van der Waals surface area contributed by atoms with Crippen LogP contribution < -0.4 is 0 Å². The minimum atomic E-state index is -0.689. The molecule has 3 heteroatoms. The van der Waals surface area contributed by atoms with Crippen molar-refractivity contribution < 1.29 is 15.0 Å². The van der Waals surface area contributed by atoms with Gasteiger partial charge < -0.3 is 10.2 Å². The summed E-state index contributed by atoms with van der Waals surface area (Å²) < 4.78 is 0. The van der Waals surface area contributed by atoms with E-state index in [1.165, 1.54) is 44.9 Å². The summed E-state index contributed by atoms with van der Waals surface area (Å²) in [5, 5.41) is 18.5. The van der Waals surface area contributed by atoms with E-state index >= 15 is 0 Å². The Morgan fingerprint density at radius 3 is 2.16 bits per heavy atom. The van der Waals surface area contributed by atoms with Crippen molar-refractivity contribution in [1.29, 1.82) is 0 Å². The van der Waals surface area contributed by atoms with Gasteiger partial charge in [-0.15, -0.1) is 0 Å². The van der Waals surface area contributed by atoms with Gasteiger partial charge in [0.05, 0.1) is 6.10 Å². The van der Waals surface area contributed by atoms with Gasteiger partial charge in [-0.3, -0.25) is 4.79 Å². The van der Waals surface area contributed by atoms with Crippen LogP contribution in [0, 0.1) is 0 Å². The fourth-order valence-corrected chi connectivity index (χ4v) is 2.81. The molecule has 0 aromatic carbocycles. The lowest BCUT2D eigenvalue weighted by molar-refractivity contribution is -0.137. The van der Waals surface area contributed by atoms with Gasteiger partial charge in [-0.25, -0.2) is 0 Å². The van der Waals surface area contributed by atoms with E-state index in [2.05, 4.69) is 31.2 Å². The molecule has 0 aliphatic carbocycles. The van der Waals surface area contributed by atoms with Crippen LogP contribution in [0.3, 0.4) is 0 Å². The molecular formula is C22H40O3. The van der Waals surface area contributed by atoms with Crippen molar-refractivity contribution in [2.45, 2.75) is 109 Å². The normalized spacial score (nSPS) is 13.0. The average Bonchev–Trinajstić information content (AvgIpc) is 2.58. The molecule has 25 heavy (non-hydrogen) atoms. The molecule has 0 aromatic rings. The van der Waals surface area contributed by atoms with Crippen molar-refractivity contribution in [3.05, 3.63) is 24.3 Å². The second-order valence-corrected chi connectivity index (χ2v) is 6.97. The first-order valence-electron chi connectivity index (χ1n) is 10.4. The second-order valence-electron chi connectivity index (χ2n) is 6.97. The Morgan fingerprint density at radius 2 is 1.48 bits per heavy atom. The topological polar surface area (TPSA) is 57.5 Å². The molecule has 3 nitrogen and oxygen atoms in total. The molecule has 1 atom stereocenters. The zero-order chi connectivity index (χ0) is 18.6. The molecule has 1 unspecified atom stereocenters. The number of carbonyl (C=O) groups is 1. The van der Waals surface area contributed by atoms with E-state index in [4.69, 9.17) is 5.11 Å². The van der Waals surface area contributed by atoms with Crippen molar-refractivity contribution in [1.82, 2.24) is 0 Å². The van der Waals surface area contributed by atoms with Gasteiger partial charge in [0.1, 0.15) is 0 Å². The predicted octanol–water partition coefficient (Wildman–Crippen LogP) is 6.42. The molecule has 0 fully saturated rings. The molecule has 0 rings (SSSR count). The number of hydrogen-bond acceptors (Lipinski definition) is 2. The van der Waals surface area contributed by atoms with Crippen molar-refractivity contribution in [2.75, 3.05) is 0 Å². The number of aliphatic hydroxyl groups excluding tert-OH is 1. The van der Waals surface area contributed by atoms with Crippen molar-refractivity contribution in [3.8, 4) is 0 Å². The van der Waals surface area contributed by atoms with Crippen LogP contribution in [0.5, 0.6) is 0 Å². The monoisotopic (exact) mass is 352 g/mol. The molecule has 0 heterocycles. The Labute approximate surface area is 155 Å². The van der Waals surface area contributed by atoms with Crippen LogP contribution in [0.15, 0.2) is 24.3 Å². The number of carboxylic acid groups (broad SMARTS) is 1. The van der Waals surface area contributed by atoms with Gasteiger partial charge >= 0.3 is 5.97 Å². The van der Waals surface area contributed by atoms with Crippen LogP contribution in [-0.4, -0.2) is 22.3 Å². The average molecular weight is 353 g/mol. The van der Waals surface area contributed by atoms with Gasteiger partial charge in [-0.05, 0) is 38.5 Å². The lowest BCUT2D eigenvalue weighted by Crippen LogP contribution is -2.04. The number of allylic oxidation sites excluding steroid dienone is 3. The molecule has 0 aliphatic heterocycles. The Hall–Kier alpha value is -1.09. The quantitative estimate of drug-likeness (QED) is 0.221. The summed E-state index contributed by atoms with van der Waals surface area (Å²) in [7, 11) is 0. The molecule has 0 bridgehead atoms. The summed E-state index contributed by atoms with van der Waals surface area (Å²) >= 11 is 0. The number of aliphatic hydroxyl groups is 1. The first-order valence-corrected chi connectivity index (χ1v) is 10.4. The Bertz CT molecular complexity index is 347. The van der Waals surface area contributed by atoms with Gasteiger partial charge in [0.15, 0.2) is 0 Å². The second kappa shape index (κ2) is 19.2. The number of rotatable bonds is 18. The number of carboxylic acids is 1. The van der Waals surface area contributed by atoms with Gasteiger partial charge in [-0.2, -0.15) is 0 Å². The van der Waals surface area contributed by atoms with Crippen LogP contribution >= 0.6 is 0 Å². The summed E-state index contributed by atoms with van der Waals surface area (Å²) in [6, 6.07) is 0. The molecule has 0 amide bonds. The third-order valence-corrected chi connectivity index (χ3v) is 4.42. The molecule has 0 aromatic heterocycles. The number of unbranched alkanes of at least 4 members (excludes halogenated alkanes) is 9. The summed E-state index contributed by atoms with van der Waals surface area (Å²) in [6.07, 6.45) is 24.1. The maximum atomic E-state index is 10.4. The maximum Gasteiger partial charge on any atom is 0.303 e. The molecule has 0 saturated heterocycles. The first kappa shape index (κ1) is 23.9. The standard InChI is InChI=1S/C22H40O3/c1-2-3-4-5-6-7-9-12-15-18-21(23)19-16-13-10-8-11-14-17-20-22(24)25/h6-7,12,15,21,23H,2-5,8-11,13-14,16-20H2,1H3,(H,24,25). The molecule has 0 saturated carbocycles. The molecular weight excluding hydrogens is 312 g/mol. The molecule has 146 valence electrons. The highest BCUT2D eigenvalue weighted by Gasteiger charge is 2.01. The van der Waals surface area contributed by atoms with E-state index < -0.39 is 5.97 Å². The summed E-state index contributed by atoms with van der Waals surface area (Å²) in [6.45, 7) is 2.23. The third-order valence-electron chi connectivity index (χ3n) is 4.42. The number of hydrogen-bond donors (Lipinski definition) is 2. The number of aliphatic carboxylic acids is 1. The van der Waals surface area contributed by atoms with E-state index in [1.807, 2.05) is 0 Å². The zero-order valence-corrected chi connectivity index (χ0v) is 16.3. The van der Waals surface area contributed by atoms with Crippen molar-refractivity contribution >= 4 is 5.97 Å². The Balaban J connectivity index is 3.33. The van der Waals surface area contributed by atoms with E-state index in [-0.39, 0.29) is 6.10 Å². The van der Waals surface area contributed by atoms with Gasteiger partial charge in [-0.1, -0.05) is 82.6 Å². The lowest BCUT2D eigenvalue weighted by atomic mass is 10.0. The lowest BCUT2D eigenvalue weighted by Gasteiger charge is -2.07. The largest absolute Gasteiger partial charge is 0.481 e. The van der Waals surface area contributed by atoms with Gasteiger partial charge in [0, 0.05) is 6.42 Å². The van der Waals surface area contributed by atoms with E-state index in [0.717, 1.165) is 44.9 Å². The highest BCUT2D eigenvalue weighted by atomic mass is 16.4. The minimum Gasteiger partial charge on any atom is -0.481 e. The molecule has 0 aliphatic rings.